The first-order chi connectivity index (χ1) is 8.40. The summed E-state index contributed by atoms with van der Waals surface area (Å²) in [4.78, 5) is 22.2. The van der Waals surface area contributed by atoms with E-state index in [0.717, 1.165) is 0 Å². The molecule has 5 nitrogen and oxygen atoms in total. The highest BCUT2D eigenvalue weighted by molar-refractivity contribution is 5.93. The molecule has 0 saturated carbocycles. The summed E-state index contributed by atoms with van der Waals surface area (Å²) in [6.45, 7) is 4.95. The molecule has 0 aliphatic carbocycles. The molecule has 0 aliphatic heterocycles. The van der Waals surface area contributed by atoms with Gasteiger partial charge in [-0.05, 0) is 17.7 Å². The lowest BCUT2D eigenvalue weighted by Crippen LogP contribution is -2.17. The van der Waals surface area contributed by atoms with E-state index in [1.807, 2.05) is 0 Å². The zero-order valence-corrected chi connectivity index (χ0v) is 10.7. The molecule has 0 heterocycles. The van der Waals surface area contributed by atoms with Gasteiger partial charge in [0.15, 0.2) is 0 Å². The van der Waals surface area contributed by atoms with Gasteiger partial charge in [-0.15, -0.1) is 0 Å². The van der Waals surface area contributed by atoms with E-state index in [-0.39, 0.29) is 30.2 Å². The largest absolute Gasteiger partial charge is 0.506 e. The topological polar surface area (TPSA) is 75.6 Å². The van der Waals surface area contributed by atoms with Crippen LogP contribution >= 0.6 is 0 Å². The number of nitrogens with one attached hydrogen (secondary N) is 1. The molecular weight excluding hydrogens is 234 g/mol. The van der Waals surface area contributed by atoms with Crippen LogP contribution in [0, 0.1) is 5.92 Å². The Hall–Kier alpha value is -2.04. The number of anilines is 1. The number of rotatable bonds is 4. The number of phenolic OH excluding ortho intramolecular Hbond substituents is 1. The first kappa shape index (κ1) is 14.0. The van der Waals surface area contributed by atoms with Gasteiger partial charge in [-0.3, -0.25) is 9.59 Å². The van der Waals surface area contributed by atoms with E-state index >= 15 is 0 Å². The summed E-state index contributed by atoms with van der Waals surface area (Å²) >= 11 is 0. The molecule has 0 radical (unpaired) electrons. The Bertz CT molecular complexity index is 454. The number of ether oxygens (including phenoxy) is 1. The molecular formula is C13H17NO4. The van der Waals surface area contributed by atoms with Crippen LogP contribution in [0.1, 0.15) is 26.3 Å². The molecule has 0 unspecified atom stereocenters. The molecule has 0 bridgehead atoms. The van der Waals surface area contributed by atoms with Gasteiger partial charge < -0.3 is 15.2 Å². The summed E-state index contributed by atoms with van der Waals surface area (Å²) in [5, 5.41) is 12.2. The molecule has 1 rings (SSSR count). The molecule has 0 aromatic heterocycles. The average molecular weight is 251 g/mol. The number of hydrogen-bond donors (Lipinski definition) is 2. The van der Waals surface area contributed by atoms with Crippen LogP contribution in [0.3, 0.4) is 0 Å². The lowest BCUT2D eigenvalue weighted by Gasteiger charge is -2.11. The van der Waals surface area contributed by atoms with Gasteiger partial charge in [0.1, 0.15) is 12.4 Å². The van der Waals surface area contributed by atoms with E-state index in [2.05, 4.69) is 5.32 Å². The quantitative estimate of drug-likeness (QED) is 0.634. The Morgan fingerprint density at radius 1 is 1.39 bits per heavy atom. The van der Waals surface area contributed by atoms with Crippen molar-refractivity contribution < 1.29 is 19.4 Å². The molecule has 0 aliphatic rings. The van der Waals surface area contributed by atoms with E-state index < -0.39 is 0 Å². The van der Waals surface area contributed by atoms with E-state index in [1.54, 1.807) is 26.0 Å². The number of hydrogen-bond acceptors (Lipinski definition) is 4. The second kappa shape index (κ2) is 6.05. The summed E-state index contributed by atoms with van der Waals surface area (Å²) in [5.74, 6) is -0.761. The van der Waals surface area contributed by atoms with E-state index in [4.69, 9.17) is 4.74 Å². The van der Waals surface area contributed by atoms with Crippen LogP contribution in [0.2, 0.25) is 0 Å². The van der Waals surface area contributed by atoms with Crippen LogP contribution in [-0.4, -0.2) is 17.0 Å². The molecule has 18 heavy (non-hydrogen) atoms. The third-order valence-corrected chi connectivity index (χ3v) is 2.29. The maximum atomic E-state index is 11.5. The number of amides is 1. The smallest absolute Gasteiger partial charge is 0.302 e. The Morgan fingerprint density at radius 2 is 2.06 bits per heavy atom. The maximum absolute atomic E-state index is 11.5. The minimum Gasteiger partial charge on any atom is -0.506 e. The van der Waals surface area contributed by atoms with Gasteiger partial charge in [-0.25, -0.2) is 0 Å². The van der Waals surface area contributed by atoms with Gasteiger partial charge in [0.2, 0.25) is 5.91 Å². The fraction of sp³-hybridized carbons (Fsp3) is 0.385. The van der Waals surface area contributed by atoms with Crippen LogP contribution in [-0.2, 0) is 20.9 Å². The van der Waals surface area contributed by atoms with E-state index in [1.165, 1.54) is 13.0 Å². The predicted octanol–water partition coefficient (Wildman–Crippen LogP) is 2.05. The highest BCUT2D eigenvalue weighted by atomic mass is 16.5. The van der Waals surface area contributed by atoms with Crippen molar-refractivity contribution in [3.05, 3.63) is 23.8 Å². The number of esters is 1. The molecule has 2 N–H and O–H groups in total. The van der Waals surface area contributed by atoms with Gasteiger partial charge in [0, 0.05) is 12.8 Å². The Kier molecular flexibility index (Phi) is 4.71. The van der Waals surface area contributed by atoms with Crippen LogP contribution in [0.5, 0.6) is 5.75 Å². The SMILES string of the molecule is CC(=O)OCc1ccc(O)c(NC(=O)C(C)C)c1. The monoisotopic (exact) mass is 251 g/mol. The fourth-order valence-corrected chi connectivity index (χ4v) is 1.24. The lowest BCUT2D eigenvalue weighted by atomic mass is 10.1. The van der Waals surface area contributed by atoms with Crippen molar-refractivity contribution in [2.24, 2.45) is 5.92 Å². The molecule has 98 valence electrons. The molecule has 1 aromatic rings. The maximum Gasteiger partial charge on any atom is 0.302 e. The number of aromatic hydroxyl groups is 1. The molecule has 0 fully saturated rings. The van der Waals surface area contributed by atoms with Crippen molar-refractivity contribution in [2.75, 3.05) is 5.32 Å². The summed E-state index contributed by atoms with van der Waals surface area (Å²) in [5.41, 5.74) is 1.01. The first-order valence-corrected chi connectivity index (χ1v) is 5.66. The van der Waals surface area contributed by atoms with Crippen LogP contribution in [0.25, 0.3) is 0 Å². The van der Waals surface area contributed by atoms with Gasteiger partial charge in [-0.1, -0.05) is 19.9 Å². The van der Waals surface area contributed by atoms with E-state index in [0.29, 0.717) is 11.3 Å². The summed E-state index contributed by atoms with van der Waals surface area (Å²) in [6, 6.07) is 4.66. The van der Waals surface area contributed by atoms with Gasteiger partial charge >= 0.3 is 5.97 Å². The molecule has 0 spiro atoms. The second-order valence-electron chi connectivity index (χ2n) is 4.28. The van der Waals surface area contributed by atoms with Crippen molar-refractivity contribution >= 4 is 17.6 Å². The molecule has 1 amide bonds. The molecule has 5 heteroatoms. The predicted molar refractivity (Wildman–Crippen MR) is 67.0 cm³/mol. The standard InChI is InChI=1S/C13H17NO4/c1-8(2)13(17)14-11-6-10(4-5-12(11)16)7-18-9(3)15/h4-6,8,16H,7H2,1-3H3,(H,14,17). The van der Waals surface area contributed by atoms with Gasteiger partial charge in [-0.2, -0.15) is 0 Å². The fourth-order valence-electron chi connectivity index (χ4n) is 1.24. The van der Waals surface area contributed by atoms with Crippen molar-refractivity contribution in [3.63, 3.8) is 0 Å². The minimum atomic E-state index is -0.379. The normalized spacial score (nSPS) is 10.2. The Labute approximate surface area is 106 Å². The van der Waals surface area contributed by atoms with Gasteiger partial charge in [0.05, 0.1) is 5.69 Å². The zero-order chi connectivity index (χ0) is 13.7. The molecule has 0 atom stereocenters. The van der Waals surface area contributed by atoms with Gasteiger partial charge in [0.25, 0.3) is 0 Å². The highest BCUT2D eigenvalue weighted by Gasteiger charge is 2.10. The Morgan fingerprint density at radius 3 is 2.61 bits per heavy atom. The van der Waals surface area contributed by atoms with Crippen LogP contribution in [0.15, 0.2) is 18.2 Å². The number of carbonyl (C=O) groups is 2. The van der Waals surface area contributed by atoms with Crippen LogP contribution < -0.4 is 5.32 Å². The van der Waals surface area contributed by atoms with Crippen molar-refractivity contribution in [2.45, 2.75) is 27.4 Å². The first-order valence-electron chi connectivity index (χ1n) is 5.66. The second-order valence-corrected chi connectivity index (χ2v) is 4.28. The Balaban J connectivity index is 2.81. The number of phenols is 1. The van der Waals surface area contributed by atoms with Crippen molar-refractivity contribution in [1.29, 1.82) is 0 Å². The minimum absolute atomic E-state index is 0.0180. The zero-order valence-electron chi connectivity index (χ0n) is 10.7. The molecule has 1 aromatic carbocycles. The van der Waals surface area contributed by atoms with E-state index in [9.17, 15) is 14.7 Å². The molecule has 0 saturated heterocycles. The summed E-state index contributed by atoms with van der Waals surface area (Å²) < 4.78 is 4.84. The number of benzene rings is 1. The third kappa shape index (κ3) is 4.08. The number of carbonyl (C=O) groups excluding carboxylic acids is 2. The third-order valence-electron chi connectivity index (χ3n) is 2.29. The average Bonchev–Trinajstić information content (AvgIpc) is 2.29. The summed E-state index contributed by atoms with van der Waals surface area (Å²) in [7, 11) is 0. The van der Waals surface area contributed by atoms with Crippen molar-refractivity contribution in [1.82, 2.24) is 0 Å². The van der Waals surface area contributed by atoms with Crippen molar-refractivity contribution in [3.8, 4) is 5.75 Å². The summed E-state index contributed by atoms with van der Waals surface area (Å²) in [6.07, 6.45) is 0. The lowest BCUT2D eigenvalue weighted by molar-refractivity contribution is -0.142. The highest BCUT2D eigenvalue weighted by Crippen LogP contribution is 2.25. The van der Waals surface area contributed by atoms with Crippen LogP contribution in [0.4, 0.5) is 5.69 Å².